The van der Waals surface area contributed by atoms with Crippen molar-refractivity contribution in [3.8, 4) is 5.75 Å². The number of aromatic hydroxyl groups is 1. The highest BCUT2D eigenvalue weighted by atomic mass is 35.5. The van der Waals surface area contributed by atoms with Crippen LogP contribution in [-0.2, 0) is 44.7 Å². The summed E-state index contributed by atoms with van der Waals surface area (Å²) in [5.74, 6) is -8.31. The van der Waals surface area contributed by atoms with Crippen LogP contribution in [0.5, 0.6) is 5.75 Å². The van der Waals surface area contributed by atoms with E-state index in [9.17, 15) is 54.0 Å². The molecule has 11 atom stereocenters. The van der Waals surface area contributed by atoms with E-state index < -0.39 is 115 Å². The minimum atomic E-state index is -2.00. The summed E-state index contributed by atoms with van der Waals surface area (Å²) in [7, 11) is 1.34. The van der Waals surface area contributed by atoms with Gasteiger partial charge in [-0.1, -0.05) is 58.2 Å². The maximum atomic E-state index is 14.8. The smallest absolute Gasteiger partial charge is 0.329 e. The van der Waals surface area contributed by atoms with E-state index in [1.807, 2.05) is 0 Å². The molecule has 2 aliphatic rings. The number of likely N-dealkylation sites (N-methyl/N-ethyl adjacent to an activating group) is 1. The van der Waals surface area contributed by atoms with Crippen molar-refractivity contribution in [3.63, 3.8) is 0 Å². The first-order valence-electron chi connectivity index (χ1n) is 20.7. The number of aliphatic hydroxyl groups is 3. The number of nitrogens with two attached hydrogens (primary N) is 2. The Labute approximate surface area is 365 Å². The van der Waals surface area contributed by atoms with Gasteiger partial charge in [-0.25, -0.2) is 4.79 Å². The van der Waals surface area contributed by atoms with E-state index in [1.54, 1.807) is 27.7 Å². The summed E-state index contributed by atoms with van der Waals surface area (Å²) in [5.41, 5.74) is 11.3. The lowest BCUT2D eigenvalue weighted by Gasteiger charge is -2.44. The van der Waals surface area contributed by atoms with Crippen LogP contribution in [0, 0.1) is 11.8 Å². The Kier molecular flexibility index (Phi) is 19.2. The topological polar surface area (TPSA) is 329 Å². The molecule has 22 heteroatoms. The number of ether oxygens (including phenoxy) is 1. The Hall–Kier alpha value is -5.25. The fraction of sp³-hybridized carbons (Fsp3) is 0.650. The fourth-order valence-corrected chi connectivity index (χ4v) is 7.37. The highest BCUT2D eigenvalue weighted by Gasteiger charge is 2.47. The van der Waals surface area contributed by atoms with Crippen LogP contribution in [-0.4, -0.2) is 152 Å². The van der Waals surface area contributed by atoms with Gasteiger partial charge in [0.2, 0.25) is 29.5 Å². The molecule has 0 radical (unpaired) electrons. The van der Waals surface area contributed by atoms with Crippen molar-refractivity contribution < 1.29 is 58.7 Å². The summed E-state index contributed by atoms with van der Waals surface area (Å²) in [6.07, 6.45) is -4.73. The first-order chi connectivity index (χ1) is 29.2. The van der Waals surface area contributed by atoms with Crippen molar-refractivity contribution in [2.24, 2.45) is 28.3 Å². The normalized spacial score (nSPS) is 27.3. The van der Waals surface area contributed by atoms with Crippen molar-refractivity contribution in [1.29, 1.82) is 0 Å². The van der Waals surface area contributed by atoms with Crippen LogP contribution in [0.2, 0.25) is 5.02 Å². The van der Waals surface area contributed by atoms with Crippen LogP contribution in [0.25, 0.3) is 0 Å². The number of fused-ring (bicyclic) bond motifs is 2. The number of nitrogens with zero attached hydrogens (tertiary/aromatic N) is 3. The van der Waals surface area contributed by atoms with Crippen LogP contribution in [0.1, 0.15) is 78.7 Å². The maximum Gasteiger partial charge on any atom is 0.329 e. The van der Waals surface area contributed by atoms with Gasteiger partial charge >= 0.3 is 5.97 Å². The van der Waals surface area contributed by atoms with Crippen LogP contribution in [0.3, 0.4) is 0 Å². The van der Waals surface area contributed by atoms with E-state index in [2.05, 4.69) is 26.3 Å². The molecule has 0 unspecified atom stereocenters. The summed E-state index contributed by atoms with van der Waals surface area (Å²) in [4.78, 5) is 105. The summed E-state index contributed by atoms with van der Waals surface area (Å²) in [6.45, 7) is 7.09. The molecule has 0 aliphatic carbocycles. The molecule has 1 aromatic carbocycles. The highest BCUT2D eigenvalue weighted by molar-refractivity contribution is 6.32. The summed E-state index contributed by atoms with van der Waals surface area (Å²) >= 11 is 6.22. The number of esters is 1. The minimum Gasteiger partial charge on any atom is -0.506 e. The fourth-order valence-electron chi connectivity index (χ4n) is 7.17. The number of hydrogen-bond donors (Lipinski definition) is 10. The molecule has 2 fully saturated rings. The predicted octanol–water partition coefficient (Wildman–Crippen LogP) is -1.89. The van der Waals surface area contributed by atoms with Crippen LogP contribution in [0.15, 0.2) is 23.2 Å². The van der Waals surface area contributed by atoms with Crippen molar-refractivity contribution in [3.05, 3.63) is 28.8 Å². The number of phenolic OH excluding ortho intramolecular Hbond substituents is 1. The molecule has 0 saturated carbocycles. The quantitative estimate of drug-likeness (QED) is 0.0448. The third kappa shape index (κ3) is 13.1. The number of hydrogen-bond acceptors (Lipinski definition) is 13. The van der Waals surface area contributed by atoms with Gasteiger partial charge in [-0.2, -0.15) is 0 Å². The Morgan fingerprint density at radius 1 is 1.00 bits per heavy atom. The van der Waals surface area contributed by atoms with Gasteiger partial charge in [-0.3, -0.25) is 33.8 Å². The zero-order valence-electron chi connectivity index (χ0n) is 35.9. The van der Waals surface area contributed by atoms with Crippen LogP contribution >= 0.6 is 11.6 Å². The standard InChI is InChI=1S/C40H62ClN9O12/c1-7-19(3)30-39(61)62-21(5)31(48-35(57)28(53)18-51)36(58)45-24(10-9-15-44-40(42)43)33(55)46-25-12-14-29(54)50(37(25)59)32(20(4)8-2)38(60)49(6)26(34(56)47-30)17-22-11-13-27(52)23(41)16-22/h11,13,16,19-21,24-26,28-32,51-54H,7-10,12,14-15,17-18H2,1-6H3,(H,45,58)(H,46,55)(H,47,56)(H,48,57)(H4,42,43,44)/t19-,20-,21+,24-,25-,26-,28+,29+,30-,31-,32-/m0/s1. The molecular weight excluding hydrogens is 834 g/mol. The molecule has 0 spiro atoms. The number of aliphatic hydroxyl groups excluding tert-OH is 3. The zero-order valence-corrected chi connectivity index (χ0v) is 36.6. The molecule has 12 N–H and O–H groups in total. The monoisotopic (exact) mass is 895 g/mol. The molecule has 2 bridgehead atoms. The summed E-state index contributed by atoms with van der Waals surface area (Å²) in [5, 5.41) is 51.1. The van der Waals surface area contributed by atoms with E-state index >= 15 is 0 Å². The second kappa shape index (κ2) is 23.3. The summed E-state index contributed by atoms with van der Waals surface area (Å²) < 4.78 is 5.74. The molecule has 1 aromatic rings. The number of nitrogens with one attached hydrogen (secondary N) is 4. The number of carbonyl (C=O) groups excluding carboxylic acids is 7. The van der Waals surface area contributed by atoms with Gasteiger partial charge in [0.1, 0.15) is 54.3 Å². The number of guanidine groups is 1. The lowest BCUT2D eigenvalue weighted by molar-refractivity contribution is -0.168. The largest absolute Gasteiger partial charge is 0.506 e. The molecule has 2 saturated heterocycles. The van der Waals surface area contributed by atoms with Gasteiger partial charge in [0.15, 0.2) is 12.1 Å². The molecule has 21 nitrogen and oxygen atoms in total. The number of phenols is 1. The van der Waals surface area contributed by atoms with Gasteiger partial charge in [-0.05, 0) is 62.1 Å². The molecular formula is C40H62ClN9O12. The van der Waals surface area contributed by atoms with E-state index in [-0.39, 0.29) is 55.4 Å². The first kappa shape index (κ1) is 51.1. The van der Waals surface area contributed by atoms with Crippen LogP contribution in [0.4, 0.5) is 0 Å². The number of cyclic esters (lactones) is 1. The van der Waals surface area contributed by atoms with E-state index in [0.29, 0.717) is 18.4 Å². The van der Waals surface area contributed by atoms with Gasteiger partial charge in [0.25, 0.3) is 5.91 Å². The number of rotatable bonds is 13. The third-order valence-corrected chi connectivity index (χ3v) is 11.7. The average Bonchev–Trinajstić information content (AvgIpc) is 3.23. The summed E-state index contributed by atoms with van der Waals surface area (Å²) in [6, 6.07) is -4.53. The average molecular weight is 896 g/mol. The molecule has 2 aliphatic heterocycles. The predicted molar refractivity (Wildman–Crippen MR) is 224 cm³/mol. The van der Waals surface area contributed by atoms with Crippen molar-refractivity contribution in [2.75, 3.05) is 20.2 Å². The van der Waals surface area contributed by atoms with Gasteiger partial charge < -0.3 is 67.7 Å². The number of benzene rings is 1. The number of piperidine rings is 1. The Morgan fingerprint density at radius 2 is 1.66 bits per heavy atom. The molecule has 346 valence electrons. The van der Waals surface area contributed by atoms with E-state index in [1.165, 1.54) is 32.2 Å². The second-order valence-electron chi connectivity index (χ2n) is 15.9. The Bertz CT molecular complexity index is 1820. The maximum absolute atomic E-state index is 14.8. The molecule has 6 amide bonds. The van der Waals surface area contributed by atoms with Crippen molar-refractivity contribution in [2.45, 2.75) is 134 Å². The highest BCUT2D eigenvalue weighted by Crippen LogP contribution is 2.29. The molecule has 3 rings (SSSR count). The number of amides is 6. The van der Waals surface area contributed by atoms with Crippen LogP contribution < -0.4 is 32.7 Å². The van der Waals surface area contributed by atoms with Gasteiger partial charge in [0.05, 0.1) is 11.6 Å². The van der Waals surface area contributed by atoms with Crippen molar-refractivity contribution >= 4 is 59.0 Å². The lowest BCUT2D eigenvalue weighted by atomic mass is 9.91. The first-order valence-corrected chi connectivity index (χ1v) is 21.0. The lowest BCUT2D eigenvalue weighted by Crippen LogP contribution is -2.66. The molecule has 0 aromatic heterocycles. The zero-order chi connectivity index (χ0) is 46.6. The van der Waals surface area contributed by atoms with Gasteiger partial charge in [0, 0.05) is 20.0 Å². The number of halogens is 1. The van der Waals surface area contributed by atoms with E-state index in [0.717, 1.165) is 9.80 Å². The Morgan fingerprint density at radius 3 is 2.26 bits per heavy atom. The number of carbonyl (C=O) groups is 7. The van der Waals surface area contributed by atoms with Crippen molar-refractivity contribution in [1.82, 2.24) is 31.1 Å². The SMILES string of the molecule is CC[C@H](C)[C@@H]1NC(=O)[C@H](Cc2ccc(O)c(Cl)c2)N(C)C(=O)[C@H]([C@@H](C)CC)N2C(=O)[C@H](CC[C@H]2O)NC(=O)[C@H](CCCN=C(N)N)NC(=O)[C@@H](NC(=O)[C@H](O)CO)[C@@H](C)OC1=O. The van der Waals surface area contributed by atoms with Gasteiger partial charge in [-0.15, -0.1) is 0 Å². The third-order valence-electron chi connectivity index (χ3n) is 11.4. The van der Waals surface area contributed by atoms with E-state index in [4.69, 9.17) is 27.8 Å². The molecule has 62 heavy (non-hydrogen) atoms. The Balaban J connectivity index is 2.26. The number of aliphatic imine (C=N–C) groups is 1. The minimum absolute atomic E-state index is 0.0247. The molecule has 2 heterocycles. The second-order valence-corrected chi connectivity index (χ2v) is 16.3.